The Morgan fingerprint density at radius 3 is 2.64 bits per heavy atom. The van der Waals surface area contributed by atoms with Crippen LogP contribution in [0.4, 0.5) is 6.01 Å². The van der Waals surface area contributed by atoms with Crippen molar-refractivity contribution in [3.63, 3.8) is 0 Å². The molecule has 1 atom stereocenters. The van der Waals surface area contributed by atoms with Gasteiger partial charge in [-0.2, -0.15) is 4.98 Å². The summed E-state index contributed by atoms with van der Waals surface area (Å²) in [7, 11) is 0. The Balaban J connectivity index is 1.73. The molecular formula is C19H13BrClN3O. The summed E-state index contributed by atoms with van der Waals surface area (Å²) >= 11 is 9.44. The third kappa shape index (κ3) is 3.52. The molecule has 1 unspecified atom stereocenters. The lowest BCUT2D eigenvalue weighted by atomic mass is 10.0. The summed E-state index contributed by atoms with van der Waals surface area (Å²) < 4.78 is 6.73. The zero-order chi connectivity index (χ0) is 17.2. The number of rotatable bonds is 4. The van der Waals surface area contributed by atoms with Crippen molar-refractivity contribution in [3.05, 3.63) is 87.6 Å². The molecule has 4 nitrogen and oxygen atoms in total. The number of nitrogens with one attached hydrogen (secondary N) is 1. The third-order valence-corrected chi connectivity index (χ3v) is 4.50. The van der Waals surface area contributed by atoms with Gasteiger partial charge in [-0.15, -0.1) is 0 Å². The predicted molar refractivity (Wildman–Crippen MR) is 103 cm³/mol. The van der Waals surface area contributed by atoms with Crippen molar-refractivity contribution in [1.29, 1.82) is 0 Å². The van der Waals surface area contributed by atoms with Gasteiger partial charge in [0.15, 0.2) is 5.58 Å². The van der Waals surface area contributed by atoms with Crippen molar-refractivity contribution in [3.8, 4) is 0 Å². The topological polar surface area (TPSA) is 51.0 Å². The highest BCUT2D eigenvalue weighted by atomic mass is 79.9. The Bertz CT molecular complexity index is 1000. The standard InChI is InChI=1S/C19H13BrClN3O/c20-13-6-8-16(22-11-13)18(12-4-2-1-3-5-12)24-19-23-15-9-7-14(21)10-17(15)25-19/h1-11,18H,(H,23,24). The van der Waals surface area contributed by atoms with Crippen LogP contribution >= 0.6 is 27.5 Å². The first-order valence-electron chi connectivity index (χ1n) is 7.68. The lowest BCUT2D eigenvalue weighted by Gasteiger charge is -2.17. The van der Waals surface area contributed by atoms with Crippen LogP contribution in [0, 0.1) is 0 Å². The quantitative estimate of drug-likeness (QED) is 0.456. The number of hydrogen-bond acceptors (Lipinski definition) is 4. The fourth-order valence-electron chi connectivity index (χ4n) is 2.62. The van der Waals surface area contributed by atoms with E-state index in [1.54, 1.807) is 18.3 Å². The summed E-state index contributed by atoms with van der Waals surface area (Å²) in [5.41, 5.74) is 3.33. The maximum atomic E-state index is 6.02. The van der Waals surface area contributed by atoms with Crippen LogP contribution in [0.2, 0.25) is 5.02 Å². The first kappa shape index (κ1) is 16.1. The molecule has 0 bridgehead atoms. The lowest BCUT2D eigenvalue weighted by molar-refractivity contribution is 0.606. The van der Waals surface area contributed by atoms with Gasteiger partial charge in [0.25, 0.3) is 6.01 Å². The fraction of sp³-hybridized carbons (Fsp3) is 0.0526. The normalized spacial score (nSPS) is 12.2. The molecular weight excluding hydrogens is 402 g/mol. The molecule has 25 heavy (non-hydrogen) atoms. The van der Waals surface area contributed by atoms with E-state index in [2.05, 4.69) is 31.2 Å². The average Bonchev–Trinajstić information content (AvgIpc) is 3.03. The molecule has 124 valence electrons. The molecule has 0 fully saturated rings. The summed E-state index contributed by atoms with van der Waals surface area (Å²) in [5, 5.41) is 3.96. The predicted octanol–water partition coefficient (Wildman–Crippen LogP) is 5.84. The largest absolute Gasteiger partial charge is 0.423 e. The number of benzene rings is 2. The van der Waals surface area contributed by atoms with Gasteiger partial charge in [-0.3, -0.25) is 4.98 Å². The van der Waals surface area contributed by atoms with Crippen molar-refractivity contribution >= 4 is 44.6 Å². The molecule has 4 rings (SSSR count). The van der Waals surface area contributed by atoms with Crippen LogP contribution in [-0.4, -0.2) is 9.97 Å². The summed E-state index contributed by atoms with van der Waals surface area (Å²) in [5.74, 6) is 0. The third-order valence-electron chi connectivity index (χ3n) is 3.80. The number of oxazole rings is 1. The number of hydrogen-bond donors (Lipinski definition) is 1. The zero-order valence-corrected chi connectivity index (χ0v) is 15.3. The van der Waals surface area contributed by atoms with Gasteiger partial charge in [-0.05, 0) is 45.8 Å². The van der Waals surface area contributed by atoms with Crippen LogP contribution in [-0.2, 0) is 0 Å². The van der Waals surface area contributed by atoms with Gasteiger partial charge in [0.2, 0.25) is 0 Å². The van der Waals surface area contributed by atoms with Gasteiger partial charge in [0, 0.05) is 21.8 Å². The van der Waals surface area contributed by atoms with E-state index in [0.717, 1.165) is 21.2 Å². The molecule has 0 saturated carbocycles. The Morgan fingerprint density at radius 1 is 1.04 bits per heavy atom. The molecule has 0 spiro atoms. The zero-order valence-electron chi connectivity index (χ0n) is 13.0. The van der Waals surface area contributed by atoms with Gasteiger partial charge in [-0.25, -0.2) is 0 Å². The minimum absolute atomic E-state index is 0.183. The number of nitrogens with zero attached hydrogens (tertiary/aromatic N) is 2. The second-order valence-corrected chi connectivity index (χ2v) is 6.87. The van der Waals surface area contributed by atoms with Gasteiger partial charge in [0.1, 0.15) is 5.52 Å². The van der Waals surface area contributed by atoms with Crippen molar-refractivity contribution in [2.24, 2.45) is 0 Å². The summed E-state index contributed by atoms with van der Waals surface area (Å²) in [6, 6.07) is 19.6. The molecule has 2 heterocycles. The Hall–Kier alpha value is -2.37. The highest BCUT2D eigenvalue weighted by Gasteiger charge is 2.18. The molecule has 1 N–H and O–H groups in total. The monoisotopic (exact) mass is 413 g/mol. The smallest absolute Gasteiger partial charge is 0.296 e. The Morgan fingerprint density at radius 2 is 1.88 bits per heavy atom. The molecule has 0 aliphatic carbocycles. The molecule has 6 heteroatoms. The molecule has 0 aliphatic heterocycles. The van der Waals surface area contributed by atoms with E-state index in [-0.39, 0.29) is 6.04 Å². The van der Waals surface area contributed by atoms with Crippen molar-refractivity contribution in [2.75, 3.05) is 5.32 Å². The molecule has 2 aromatic heterocycles. The summed E-state index contributed by atoms with van der Waals surface area (Å²) in [4.78, 5) is 9.01. The molecule has 0 saturated heterocycles. The van der Waals surface area contributed by atoms with Gasteiger partial charge in [0.05, 0.1) is 11.7 Å². The molecule has 2 aromatic carbocycles. The maximum Gasteiger partial charge on any atom is 0.296 e. The number of pyridine rings is 1. The Kier molecular flexibility index (Phi) is 4.42. The van der Waals surface area contributed by atoms with E-state index in [1.165, 1.54) is 0 Å². The summed E-state index contributed by atoms with van der Waals surface area (Å²) in [6.07, 6.45) is 1.78. The molecule has 0 aliphatic rings. The highest BCUT2D eigenvalue weighted by molar-refractivity contribution is 9.10. The van der Waals surface area contributed by atoms with E-state index < -0.39 is 0 Å². The van der Waals surface area contributed by atoms with E-state index >= 15 is 0 Å². The maximum absolute atomic E-state index is 6.02. The minimum Gasteiger partial charge on any atom is -0.423 e. The summed E-state index contributed by atoms with van der Waals surface area (Å²) in [6.45, 7) is 0. The number of anilines is 1. The molecule has 0 radical (unpaired) electrons. The van der Waals surface area contributed by atoms with Crippen LogP contribution in [0.1, 0.15) is 17.3 Å². The van der Waals surface area contributed by atoms with Crippen LogP contribution in [0.25, 0.3) is 11.1 Å². The minimum atomic E-state index is -0.183. The Labute approximate surface area is 158 Å². The lowest BCUT2D eigenvalue weighted by Crippen LogP contribution is -2.14. The highest BCUT2D eigenvalue weighted by Crippen LogP contribution is 2.28. The molecule has 0 amide bonds. The van der Waals surface area contributed by atoms with Crippen molar-refractivity contribution in [1.82, 2.24) is 9.97 Å². The second kappa shape index (κ2) is 6.86. The van der Waals surface area contributed by atoms with E-state index in [9.17, 15) is 0 Å². The van der Waals surface area contributed by atoms with Gasteiger partial charge in [-0.1, -0.05) is 41.9 Å². The van der Waals surface area contributed by atoms with E-state index in [4.69, 9.17) is 16.0 Å². The van der Waals surface area contributed by atoms with Gasteiger partial charge < -0.3 is 9.73 Å². The van der Waals surface area contributed by atoms with E-state index in [1.807, 2.05) is 48.5 Å². The number of halogens is 2. The molecule has 4 aromatic rings. The average molecular weight is 415 g/mol. The van der Waals surface area contributed by atoms with Crippen LogP contribution in [0.3, 0.4) is 0 Å². The van der Waals surface area contributed by atoms with Crippen molar-refractivity contribution in [2.45, 2.75) is 6.04 Å². The van der Waals surface area contributed by atoms with Crippen LogP contribution in [0.15, 0.2) is 75.8 Å². The fourth-order valence-corrected chi connectivity index (χ4v) is 3.01. The second-order valence-electron chi connectivity index (χ2n) is 5.52. The number of fused-ring (bicyclic) bond motifs is 1. The SMILES string of the molecule is Clc1ccc2nc(NC(c3ccccc3)c3ccc(Br)cn3)oc2c1. The number of aromatic nitrogens is 2. The van der Waals surface area contributed by atoms with Gasteiger partial charge >= 0.3 is 0 Å². The van der Waals surface area contributed by atoms with Crippen LogP contribution < -0.4 is 5.32 Å². The van der Waals surface area contributed by atoms with Crippen molar-refractivity contribution < 1.29 is 4.42 Å². The first-order chi connectivity index (χ1) is 12.2. The van der Waals surface area contributed by atoms with Crippen LogP contribution in [0.5, 0.6) is 0 Å². The first-order valence-corrected chi connectivity index (χ1v) is 8.85. The van der Waals surface area contributed by atoms with E-state index in [0.29, 0.717) is 16.6 Å².